The molecule has 1 fully saturated rings. The Labute approximate surface area is 135 Å². The van der Waals surface area contributed by atoms with Gasteiger partial charge in [-0.15, -0.1) is 0 Å². The number of nitrogens with zero attached hydrogens (tertiary/aromatic N) is 3. The Bertz CT molecular complexity index is 678. The van der Waals surface area contributed by atoms with E-state index in [9.17, 15) is 9.59 Å². The highest BCUT2D eigenvalue weighted by atomic mass is 16.2. The molecule has 7 heteroatoms. The van der Waals surface area contributed by atoms with Crippen LogP contribution < -0.4 is 21.5 Å². The molecule has 1 aromatic heterocycles. The summed E-state index contributed by atoms with van der Waals surface area (Å²) in [7, 11) is 0. The fraction of sp³-hybridized carbons (Fsp3) is 0.625. The number of anilines is 2. The third-order valence-corrected chi connectivity index (χ3v) is 5.24. The predicted octanol–water partition coefficient (Wildman–Crippen LogP) is -0.0253. The number of hydrogen-bond donors (Lipinski definition) is 2. The van der Waals surface area contributed by atoms with Crippen LogP contribution in [0.25, 0.3) is 0 Å². The second kappa shape index (κ2) is 5.65. The van der Waals surface area contributed by atoms with Crippen molar-refractivity contribution in [3.63, 3.8) is 0 Å². The molecule has 0 unspecified atom stereocenters. The first-order chi connectivity index (χ1) is 11.1. The molecule has 1 atom stereocenters. The number of pyridine rings is 1. The summed E-state index contributed by atoms with van der Waals surface area (Å²) in [5.74, 6) is 0.790. The van der Waals surface area contributed by atoms with Gasteiger partial charge in [0.1, 0.15) is 5.82 Å². The van der Waals surface area contributed by atoms with Crippen LogP contribution in [0.5, 0.6) is 0 Å². The van der Waals surface area contributed by atoms with Crippen molar-refractivity contribution in [3.8, 4) is 0 Å². The average molecular weight is 317 g/mol. The molecule has 0 aliphatic carbocycles. The number of carbonyl (C=O) groups is 1. The first kappa shape index (κ1) is 14.7. The van der Waals surface area contributed by atoms with E-state index in [4.69, 9.17) is 5.73 Å². The van der Waals surface area contributed by atoms with Gasteiger partial charge >= 0.3 is 0 Å². The number of rotatable bonds is 2. The zero-order valence-corrected chi connectivity index (χ0v) is 13.2. The first-order valence-electron chi connectivity index (χ1n) is 8.41. The van der Waals surface area contributed by atoms with Crippen LogP contribution in [-0.4, -0.2) is 54.1 Å². The van der Waals surface area contributed by atoms with Crippen LogP contribution >= 0.6 is 0 Å². The van der Waals surface area contributed by atoms with Crippen LogP contribution in [0.3, 0.4) is 0 Å². The molecule has 7 nitrogen and oxygen atoms in total. The highest BCUT2D eigenvalue weighted by Crippen LogP contribution is 2.35. The largest absolute Gasteiger partial charge is 0.373 e. The maximum absolute atomic E-state index is 12.5. The van der Waals surface area contributed by atoms with Gasteiger partial charge in [0.15, 0.2) is 0 Å². The Balaban J connectivity index is 1.65. The summed E-state index contributed by atoms with van der Waals surface area (Å²) < 4.78 is 1.82. The standard InChI is InChI=1S/C16H23N5O2/c17-11-3-6-19(7-4-11)10-12-5-8-20-15(23)9-18-13-1-2-14(22)21(12)16(13)20/h1-2,11-12,18H,3-10,17H2/t12-/m0/s1. The van der Waals surface area contributed by atoms with Crippen LogP contribution in [0.4, 0.5) is 11.5 Å². The van der Waals surface area contributed by atoms with Gasteiger partial charge in [-0.05, 0) is 38.4 Å². The number of hydrogen-bond acceptors (Lipinski definition) is 5. The average Bonchev–Trinajstić information content (AvgIpc) is 2.56. The normalized spacial score (nSPS) is 25.2. The third-order valence-electron chi connectivity index (χ3n) is 5.24. The van der Waals surface area contributed by atoms with E-state index in [0.717, 1.165) is 50.4 Å². The molecular weight excluding hydrogens is 294 g/mol. The Hall–Kier alpha value is -1.86. The number of aromatic nitrogens is 1. The minimum absolute atomic E-state index is 0.0244. The summed E-state index contributed by atoms with van der Waals surface area (Å²) in [6, 6.07) is 3.82. The van der Waals surface area contributed by atoms with Crippen molar-refractivity contribution in [3.05, 3.63) is 22.5 Å². The molecule has 1 amide bonds. The molecule has 1 saturated heterocycles. The Morgan fingerprint density at radius 2 is 1.91 bits per heavy atom. The summed E-state index contributed by atoms with van der Waals surface area (Å²) in [5, 5.41) is 3.13. The number of likely N-dealkylation sites (tertiary alicyclic amines) is 1. The maximum Gasteiger partial charge on any atom is 0.252 e. The van der Waals surface area contributed by atoms with Gasteiger partial charge in [-0.1, -0.05) is 0 Å². The summed E-state index contributed by atoms with van der Waals surface area (Å²) in [6.07, 6.45) is 2.85. The number of carbonyl (C=O) groups excluding carboxylic acids is 1. The molecule has 1 aromatic rings. The molecular formula is C16H23N5O2. The van der Waals surface area contributed by atoms with Crippen molar-refractivity contribution in [2.24, 2.45) is 5.73 Å². The van der Waals surface area contributed by atoms with Crippen LogP contribution in [0, 0.1) is 0 Å². The van der Waals surface area contributed by atoms with E-state index in [0.29, 0.717) is 19.1 Å². The Morgan fingerprint density at radius 3 is 2.70 bits per heavy atom. The van der Waals surface area contributed by atoms with Gasteiger partial charge in [-0.2, -0.15) is 0 Å². The van der Waals surface area contributed by atoms with Gasteiger partial charge < -0.3 is 16.0 Å². The molecule has 3 aliphatic rings. The molecule has 0 saturated carbocycles. The van der Waals surface area contributed by atoms with E-state index in [1.807, 2.05) is 4.57 Å². The third kappa shape index (κ3) is 2.53. The highest BCUT2D eigenvalue weighted by molar-refractivity contribution is 6.01. The van der Waals surface area contributed by atoms with Crippen molar-refractivity contribution < 1.29 is 4.79 Å². The van der Waals surface area contributed by atoms with Gasteiger partial charge in [0.2, 0.25) is 5.91 Å². The lowest BCUT2D eigenvalue weighted by atomic mass is 10.0. The van der Waals surface area contributed by atoms with Gasteiger partial charge in [0.25, 0.3) is 5.56 Å². The highest BCUT2D eigenvalue weighted by Gasteiger charge is 2.35. The van der Waals surface area contributed by atoms with Crippen LogP contribution in [0.15, 0.2) is 16.9 Å². The van der Waals surface area contributed by atoms with E-state index in [1.54, 1.807) is 17.0 Å². The van der Waals surface area contributed by atoms with Gasteiger partial charge in [-0.25, -0.2) is 0 Å². The van der Waals surface area contributed by atoms with Crippen LogP contribution in [-0.2, 0) is 4.79 Å². The summed E-state index contributed by atoms with van der Waals surface area (Å²) in [4.78, 5) is 28.8. The molecule has 0 aromatic carbocycles. The SMILES string of the molecule is NC1CCN(C[C@@H]2CCN3C(=O)CNc4ccc(=O)n2c43)CC1. The lowest BCUT2D eigenvalue weighted by Gasteiger charge is -2.41. The predicted molar refractivity (Wildman–Crippen MR) is 88.8 cm³/mol. The molecule has 4 rings (SSSR count). The molecule has 4 heterocycles. The minimum Gasteiger partial charge on any atom is -0.373 e. The van der Waals surface area contributed by atoms with Crippen molar-refractivity contribution in [2.75, 3.05) is 42.9 Å². The second-order valence-electron chi connectivity index (χ2n) is 6.76. The fourth-order valence-electron chi connectivity index (χ4n) is 3.94. The molecule has 23 heavy (non-hydrogen) atoms. The second-order valence-corrected chi connectivity index (χ2v) is 6.76. The van der Waals surface area contributed by atoms with Gasteiger partial charge in [0, 0.05) is 25.2 Å². The van der Waals surface area contributed by atoms with Crippen molar-refractivity contribution >= 4 is 17.4 Å². The Morgan fingerprint density at radius 1 is 1.13 bits per heavy atom. The van der Waals surface area contributed by atoms with Gasteiger partial charge in [-0.3, -0.25) is 19.1 Å². The Kier molecular flexibility index (Phi) is 3.61. The maximum atomic E-state index is 12.5. The minimum atomic E-state index is -0.0244. The lowest BCUT2D eigenvalue weighted by Crippen LogP contribution is -2.51. The zero-order chi connectivity index (χ0) is 16.0. The number of nitrogens with two attached hydrogens (primary N) is 1. The van der Waals surface area contributed by atoms with Crippen LogP contribution in [0.1, 0.15) is 25.3 Å². The summed E-state index contributed by atoms with van der Waals surface area (Å²) in [6.45, 7) is 3.82. The van der Waals surface area contributed by atoms with E-state index in [2.05, 4.69) is 10.2 Å². The molecule has 0 radical (unpaired) electrons. The summed E-state index contributed by atoms with van der Waals surface area (Å²) in [5.41, 5.74) is 6.83. The summed E-state index contributed by atoms with van der Waals surface area (Å²) >= 11 is 0. The molecule has 0 bridgehead atoms. The monoisotopic (exact) mass is 317 g/mol. The molecule has 3 aliphatic heterocycles. The van der Waals surface area contributed by atoms with E-state index >= 15 is 0 Å². The van der Waals surface area contributed by atoms with E-state index in [1.165, 1.54) is 0 Å². The molecule has 0 spiro atoms. The fourth-order valence-corrected chi connectivity index (χ4v) is 3.94. The van der Waals surface area contributed by atoms with Crippen molar-refractivity contribution in [1.29, 1.82) is 0 Å². The van der Waals surface area contributed by atoms with Crippen LogP contribution in [0.2, 0.25) is 0 Å². The van der Waals surface area contributed by atoms with E-state index < -0.39 is 0 Å². The zero-order valence-electron chi connectivity index (χ0n) is 13.2. The van der Waals surface area contributed by atoms with Crippen molar-refractivity contribution in [2.45, 2.75) is 31.3 Å². The smallest absolute Gasteiger partial charge is 0.252 e. The topological polar surface area (TPSA) is 83.6 Å². The number of amides is 1. The first-order valence-corrected chi connectivity index (χ1v) is 8.41. The molecule has 3 N–H and O–H groups in total. The van der Waals surface area contributed by atoms with E-state index in [-0.39, 0.29) is 17.5 Å². The molecule has 124 valence electrons. The number of piperidine rings is 1. The quantitative estimate of drug-likeness (QED) is 0.801. The lowest BCUT2D eigenvalue weighted by molar-refractivity contribution is -0.117. The number of nitrogens with one attached hydrogen (secondary N) is 1. The van der Waals surface area contributed by atoms with Gasteiger partial charge in [0.05, 0.1) is 18.3 Å². The van der Waals surface area contributed by atoms with Crippen molar-refractivity contribution in [1.82, 2.24) is 9.47 Å².